The summed E-state index contributed by atoms with van der Waals surface area (Å²) in [6, 6.07) is 0. The molecule has 0 radical (unpaired) electrons. The Morgan fingerprint density at radius 1 is 1.69 bits per heavy atom. The Labute approximate surface area is 77.5 Å². The van der Waals surface area contributed by atoms with E-state index in [9.17, 15) is 4.79 Å². The minimum atomic E-state index is -0.493. The zero-order chi connectivity index (χ0) is 9.31. The van der Waals surface area contributed by atoms with Crippen LogP contribution in [-0.2, 0) is 9.53 Å². The average molecular weight is 179 g/mol. The van der Waals surface area contributed by atoms with Crippen molar-refractivity contribution in [3.8, 4) is 0 Å². The third-order valence-corrected chi connectivity index (χ3v) is 2.84. The molecule has 3 heteroatoms. The molecule has 13 heavy (non-hydrogen) atoms. The lowest BCUT2D eigenvalue weighted by Crippen LogP contribution is -2.36. The highest BCUT2D eigenvalue weighted by Crippen LogP contribution is 2.39. The molecule has 0 aromatic carbocycles. The van der Waals surface area contributed by atoms with E-state index in [1.807, 2.05) is 12.2 Å². The SMILES string of the molecule is COC(=O)C12C=CCN=C1CCC2. The number of methoxy groups -OCH3 is 1. The lowest BCUT2D eigenvalue weighted by molar-refractivity contribution is -0.146. The van der Waals surface area contributed by atoms with Gasteiger partial charge in [-0.15, -0.1) is 0 Å². The van der Waals surface area contributed by atoms with E-state index in [-0.39, 0.29) is 5.97 Å². The number of esters is 1. The number of dihydropyridines is 1. The van der Waals surface area contributed by atoms with Gasteiger partial charge in [0, 0.05) is 5.71 Å². The molecule has 0 N–H and O–H groups in total. The first-order chi connectivity index (χ1) is 6.29. The molecule has 70 valence electrons. The summed E-state index contributed by atoms with van der Waals surface area (Å²) in [6.07, 6.45) is 6.76. The standard InChI is InChI=1S/C10H13NO2/c1-13-9(12)10-5-2-4-8(10)11-7-3-6-10/h3,6H,2,4-5,7H2,1H3. The van der Waals surface area contributed by atoms with Gasteiger partial charge in [0.05, 0.1) is 13.7 Å². The minimum Gasteiger partial charge on any atom is -0.468 e. The van der Waals surface area contributed by atoms with Crippen molar-refractivity contribution < 1.29 is 9.53 Å². The quantitative estimate of drug-likeness (QED) is 0.450. The Kier molecular flexibility index (Phi) is 1.94. The molecular formula is C10H13NO2. The molecule has 0 saturated heterocycles. The Bertz CT molecular complexity index is 293. The Morgan fingerprint density at radius 3 is 3.31 bits per heavy atom. The summed E-state index contributed by atoms with van der Waals surface area (Å²) in [4.78, 5) is 16.0. The topological polar surface area (TPSA) is 38.7 Å². The zero-order valence-electron chi connectivity index (χ0n) is 7.75. The van der Waals surface area contributed by atoms with Gasteiger partial charge in [-0.25, -0.2) is 0 Å². The number of aliphatic imine (C=N–C) groups is 1. The summed E-state index contributed by atoms with van der Waals surface area (Å²) in [5, 5.41) is 0. The Hall–Kier alpha value is -1.12. The van der Waals surface area contributed by atoms with Gasteiger partial charge in [-0.1, -0.05) is 12.2 Å². The van der Waals surface area contributed by atoms with Gasteiger partial charge in [0.2, 0.25) is 0 Å². The maximum atomic E-state index is 11.6. The third-order valence-electron chi connectivity index (χ3n) is 2.84. The molecule has 0 spiro atoms. The highest BCUT2D eigenvalue weighted by molar-refractivity contribution is 6.10. The third kappa shape index (κ3) is 1.10. The maximum Gasteiger partial charge on any atom is 0.321 e. The smallest absolute Gasteiger partial charge is 0.321 e. The molecule has 1 atom stereocenters. The van der Waals surface area contributed by atoms with Crippen molar-refractivity contribution in [2.24, 2.45) is 10.4 Å². The normalized spacial score (nSPS) is 31.0. The number of nitrogens with zero attached hydrogens (tertiary/aromatic N) is 1. The van der Waals surface area contributed by atoms with Crippen molar-refractivity contribution in [3.05, 3.63) is 12.2 Å². The molecule has 0 bridgehead atoms. The van der Waals surface area contributed by atoms with Crippen LogP contribution in [0.3, 0.4) is 0 Å². The first-order valence-electron chi connectivity index (χ1n) is 4.59. The van der Waals surface area contributed by atoms with Crippen molar-refractivity contribution in [3.63, 3.8) is 0 Å². The summed E-state index contributed by atoms with van der Waals surface area (Å²) in [6.45, 7) is 0.716. The van der Waals surface area contributed by atoms with Crippen LogP contribution < -0.4 is 0 Å². The van der Waals surface area contributed by atoms with Crippen LogP contribution in [0.2, 0.25) is 0 Å². The summed E-state index contributed by atoms with van der Waals surface area (Å²) < 4.78 is 4.82. The molecular weight excluding hydrogens is 166 g/mol. The van der Waals surface area contributed by atoms with E-state index in [1.54, 1.807) is 0 Å². The fourth-order valence-electron chi connectivity index (χ4n) is 2.19. The van der Waals surface area contributed by atoms with E-state index < -0.39 is 5.41 Å². The number of fused-ring (bicyclic) bond motifs is 1. The van der Waals surface area contributed by atoms with Crippen LogP contribution in [0.4, 0.5) is 0 Å². The molecule has 0 amide bonds. The van der Waals surface area contributed by atoms with Crippen LogP contribution in [-0.4, -0.2) is 25.3 Å². The van der Waals surface area contributed by atoms with E-state index in [2.05, 4.69) is 4.99 Å². The van der Waals surface area contributed by atoms with Gasteiger partial charge >= 0.3 is 5.97 Å². The lowest BCUT2D eigenvalue weighted by Gasteiger charge is -2.25. The fraction of sp³-hybridized carbons (Fsp3) is 0.600. The molecule has 2 aliphatic rings. The highest BCUT2D eigenvalue weighted by Gasteiger charge is 2.46. The number of hydrogen-bond acceptors (Lipinski definition) is 3. The number of carbonyl (C=O) groups is 1. The van der Waals surface area contributed by atoms with Crippen molar-refractivity contribution in [1.82, 2.24) is 0 Å². The lowest BCUT2D eigenvalue weighted by atomic mass is 9.83. The first-order valence-corrected chi connectivity index (χ1v) is 4.59. The summed E-state index contributed by atoms with van der Waals surface area (Å²) in [7, 11) is 1.44. The highest BCUT2D eigenvalue weighted by atomic mass is 16.5. The number of hydrogen-bond donors (Lipinski definition) is 0. The molecule has 1 fully saturated rings. The van der Waals surface area contributed by atoms with Crippen LogP contribution in [0, 0.1) is 5.41 Å². The van der Waals surface area contributed by atoms with Gasteiger partial charge in [-0.2, -0.15) is 0 Å². The van der Waals surface area contributed by atoms with Crippen molar-refractivity contribution in [2.45, 2.75) is 19.3 Å². The van der Waals surface area contributed by atoms with Crippen molar-refractivity contribution in [1.29, 1.82) is 0 Å². The Balaban J connectivity index is 2.37. The van der Waals surface area contributed by atoms with Crippen LogP contribution in [0.25, 0.3) is 0 Å². The number of carbonyl (C=O) groups excluding carboxylic acids is 1. The predicted octanol–water partition coefficient (Wildman–Crippen LogP) is 1.34. The van der Waals surface area contributed by atoms with Gasteiger partial charge in [0.25, 0.3) is 0 Å². The molecule has 3 nitrogen and oxygen atoms in total. The zero-order valence-corrected chi connectivity index (χ0v) is 7.75. The molecule has 1 heterocycles. The molecule has 1 aliphatic carbocycles. The Morgan fingerprint density at radius 2 is 2.54 bits per heavy atom. The average Bonchev–Trinajstić information content (AvgIpc) is 2.61. The second kappa shape index (κ2) is 2.98. The second-order valence-electron chi connectivity index (χ2n) is 3.51. The van der Waals surface area contributed by atoms with E-state index >= 15 is 0 Å². The first kappa shape index (κ1) is 8.48. The largest absolute Gasteiger partial charge is 0.468 e. The van der Waals surface area contributed by atoms with E-state index in [0.29, 0.717) is 6.54 Å². The van der Waals surface area contributed by atoms with Crippen LogP contribution in [0.15, 0.2) is 17.1 Å². The second-order valence-corrected chi connectivity index (χ2v) is 3.51. The van der Waals surface area contributed by atoms with Gasteiger partial charge in [-0.05, 0) is 19.3 Å². The predicted molar refractivity (Wildman–Crippen MR) is 49.7 cm³/mol. The fourth-order valence-corrected chi connectivity index (χ4v) is 2.19. The van der Waals surface area contributed by atoms with Crippen molar-refractivity contribution in [2.75, 3.05) is 13.7 Å². The molecule has 0 aromatic heterocycles. The summed E-state index contributed by atoms with van der Waals surface area (Å²) >= 11 is 0. The molecule has 2 rings (SSSR count). The van der Waals surface area contributed by atoms with Crippen molar-refractivity contribution >= 4 is 11.7 Å². The summed E-state index contributed by atoms with van der Waals surface area (Å²) in [5.41, 5.74) is 0.523. The molecule has 1 unspecified atom stereocenters. The maximum absolute atomic E-state index is 11.6. The van der Waals surface area contributed by atoms with Crippen LogP contribution in [0.5, 0.6) is 0 Å². The monoisotopic (exact) mass is 179 g/mol. The van der Waals surface area contributed by atoms with Gasteiger partial charge < -0.3 is 4.74 Å². The number of ether oxygens (including phenoxy) is 1. The van der Waals surface area contributed by atoms with E-state index in [1.165, 1.54) is 7.11 Å². The summed E-state index contributed by atoms with van der Waals surface area (Å²) in [5.74, 6) is -0.153. The van der Waals surface area contributed by atoms with E-state index in [0.717, 1.165) is 25.0 Å². The van der Waals surface area contributed by atoms with Gasteiger partial charge in [0.15, 0.2) is 0 Å². The molecule has 1 saturated carbocycles. The number of rotatable bonds is 1. The van der Waals surface area contributed by atoms with Crippen LogP contribution in [0.1, 0.15) is 19.3 Å². The minimum absolute atomic E-state index is 0.153. The van der Waals surface area contributed by atoms with Crippen LogP contribution >= 0.6 is 0 Å². The van der Waals surface area contributed by atoms with Gasteiger partial charge in [0.1, 0.15) is 5.41 Å². The van der Waals surface area contributed by atoms with Gasteiger partial charge in [-0.3, -0.25) is 9.79 Å². The molecule has 0 aromatic rings. The van der Waals surface area contributed by atoms with E-state index in [4.69, 9.17) is 4.74 Å². The molecule has 1 aliphatic heterocycles.